The lowest BCUT2D eigenvalue weighted by Crippen LogP contribution is -2.38. The molecule has 15 heavy (non-hydrogen) atoms. The minimum atomic E-state index is 0.537. The van der Waals surface area contributed by atoms with Gasteiger partial charge in [-0.1, -0.05) is 28.1 Å². The lowest BCUT2D eigenvalue weighted by atomic mass is 10.3. The quantitative estimate of drug-likeness (QED) is 0.451. The van der Waals surface area contributed by atoms with Crippen LogP contribution in [0.25, 0.3) is 0 Å². The lowest BCUT2D eigenvalue weighted by Gasteiger charge is -2.11. The molecule has 0 radical (unpaired) electrons. The van der Waals surface area contributed by atoms with Crippen molar-refractivity contribution in [3.63, 3.8) is 0 Å². The van der Waals surface area contributed by atoms with Crippen molar-refractivity contribution >= 4 is 38.9 Å². The number of thiocarbonyl (C=S) groups is 1. The Morgan fingerprint density at radius 2 is 2.33 bits per heavy atom. The van der Waals surface area contributed by atoms with Gasteiger partial charge in [-0.3, -0.25) is 10.9 Å². The van der Waals surface area contributed by atoms with Gasteiger partial charge in [-0.25, -0.2) is 0 Å². The molecule has 0 aliphatic carbocycles. The van der Waals surface area contributed by atoms with Gasteiger partial charge < -0.3 is 5.32 Å². The number of benzene rings is 1. The van der Waals surface area contributed by atoms with Crippen LogP contribution in [0, 0.1) is 0 Å². The molecule has 0 bridgehead atoms. The van der Waals surface area contributed by atoms with E-state index in [1.165, 1.54) is 0 Å². The van der Waals surface area contributed by atoms with Crippen molar-refractivity contribution in [3.05, 3.63) is 41.4 Å². The number of rotatable bonds is 4. The smallest absolute Gasteiger partial charge is 0.185 e. The van der Waals surface area contributed by atoms with E-state index in [-0.39, 0.29) is 0 Å². The molecule has 0 amide bonds. The second kappa shape index (κ2) is 6.42. The molecule has 0 unspecified atom stereocenters. The highest BCUT2D eigenvalue weighted by molar-refractivity contribution is 9.10. The molecular weight excluding hydrogens is 274 g/mol. The van der Waals surface area contributed by atoms with Gasteiger partial charge in [0.25, 0.3) is 0 Å². The van der Waals surface area contributed by atoms with Crippen LogP contribution in [0.1, 0.15) is 0 Å². The summed E-state index contributed by atoms with van der Waals surface area (Å²) in [5.74, 6) is 0. The van der Waals surface area contributed by atoms with Gasteiger partial charge in [0.05, 0.1) is 5.69 Å². The fourth-order valence-electron chi connectivity index (χ4n) is 0.904. The standard InChI is InChI=1S/C10H12BrN3S/c1-2-6-12-10(15)14-13-9-5-3-4-8(11)7-9/h2-5,7,13H,1,6H2,(H2,12,14,15). The number of hydrogen-bond donors (Lipinski definition) is 3. The van der Waals surface area contributed by atoms with E-state index in [9.17, 15) is 0 Å². The summed E-state index contributed by atoms with van der Waals surface area (Å²) in [5.41, 5.74) is 6.78. The van der Waals surface area contributed by atoms with Crippen LogP contribution in [0.15, 0.2) is 41.4 Å². The molecule has 0 aliphatic rings. The van der Waals surface area contributed by atoms with Crippen molar-refractivity contribution in [2.45, 2.75) is 0 Å². The number of nitrogens with one attached hydrogen (secondary N) is 3. The third-order valence-corrected chi connectivity index (χ3v) is 2.29. The minimum Gasteiger partial charge on any atom is -0.358 e. The highest BCUT2D eigenvalue weighted by atomic mass is 79.9. The molecule has 0 fully saturated rings. The van der Waals surface area contributed by atoms with Crippen molar-refractivity contribution in [1.82, 2.24) is 10.7 Å². The van der Waals surface area contributed by atoms with Gasteiger partial charge >= 0.3 is 0 Å². The summed E-state index contributed by atoms with van der Waals surface area (Å²) in [6, 6.07) is 7.78. The Morgan fingerprint density at radius 3 is 3.00 bits per heavy atom. The largest absolute Gasteiger partial charge is 0.358 e. The van der Waals surface area contributed by atoms with Gasteiger partial charge in [-0.05, 0) is 30.4 Å². The van der Waals surface area contributed by atoms with Gasteiger partial charge in [0, 0.05) is 11.0 Å². The number of anilines is 1. The van der Waals surface area contributed by atoms with Crippen molar-refractivity contribution in [2.75, 3.05) is 12.0 Å². The normalized spacial score (nSPS) is 9.13. The molecule has 1 rings (SSSR count). The molecule has 0 spiro atoms. The zero-order valence-corrected chi connectivity index (χ0v) is 10.5. The summed E-state index contributed by atoms with van der Waals surface area (Å²) in [6.45, 7) is 4.23. The monoisotopic (exact) mass is 285 g/mol. The Labute approximate surface area is 103 Å². The first-order valence-corrected chi connectivity index (χ1v) is 5.59. The molecule has 3 nitrogen and oxygen atoms in total. The predicted molar refractivity (Wildman–Crippen MR) is 71.7 cm³/mol. The molecule has 5 heteroatoms. The molecule has 0 heterocycles. The molecular formula is C10H12BrN3S. The van der Waals surface area contributed by atoms with Crippen LogP contribution < -0.4 is 16.2 Å². The van der Waals surface area contributed by atoms with E-state index in [1.54, 1.807) is 6.08 Å². The SMILES string of the molecule is C=CCNC(=S)NNc1cccc(Br)c1. The number of halogens is 1. The molecule has 0 saturated carbocycles. The minimum absolute atomic E-state index is 0.537. The van der Waals surface area contributed by atoms with E-state index in [4.69, 9.17) is 12.2 Å². The van der Waals surface area contributed by atoms with E-state index >= 15 is 0 Å². The van der Waals surface area contributed by atoms with Crippen molar-refractivity contribution in [1.29, 1.82) is 0 Å². The summed E-state index contributed by atoms with van der Waals surface area (Å²) >= 11 is 8.39. The highest BCUT2D eigenvalue weighted by Gasteiger charge is 1.94. The first-order chi connectivity index (χ1) is 7.22. The molecule has 0 saturated heterocycles. The number of hydrazine groups is 1. The third-order valence-electron chi connectivity index (χ3n) is 1.55. The lowest BCUT2D eigenvalue weighted by molar-refractivity contribution is 0.979. The molecule has 0 aromatic heterocycles. The average molecular weight is 286 g/mol. The van der Waals surface area contributed by atoms with Crippen LogP contribution in [-0.2, 0) is 0 Å². The maximum Gasteiger partial charge on any atom is 0.185 e. The van der Waals surface area contributed by atoms with E-state index in [1.807, 2.05) is 24.3 Å². The molecule has 0 atom stereocenters. The van der Waals surface area contributed by atoms with Crippen LogP contribution in [0.4, 0.5) is 5.69 Å². The maximum absolute atomic E-state index is 5.01. The van der Waals surface area contributed by atoms with Crippen LogP contribution in [-0.4, -0.2) is 11.7 Å². The van der Waals surface area contributed by atoms with Gasteiger partial charge in [0.15, 0.2) is 5.11 Å². The number of hydrogen-bond acceptors (Lipinski definition) is 2. The average Bonchev–Trinajstić information content (AvgIpc) is 2.23. The van der Waals surface area contributed by atoms with Crippen molar-refractivity contribution < 1.29 is 0 Å². The Kier molecular flexibility index (Phi) is 5.14. The Morgan fingerprint density at radius 1 is 1.53 bits per heavy atom. The fourth-order valence-corrected chi connectivity index (χ4v) is 1.44. The van der Waals surface area contributed by atoms with Gasteiger partial charge in [-0.15, -0.1) is 6.58 Å². The molecule has 0 aliphatic heterocycles. The van der Waals surface area contributed by atoms with E-state index < -0.39 is 0 Å². The van der Waals surface area contributed by atoms with E-state index in [0.29, 0.717) is 11.7 Å². The maximum atomic E-state index is 5.01. The van der Waals surface area contributed by atoms with E-state index in [0.717, 1.165) is 10.2 Å². The Hall–Kier alpha value is -1.07. The van der Waals surface area contributed by atoms with Crippen LogP contribution in [0.3, 0.4) is 0 Å². The van der Waals surface area contributed by atoms with Crippen LogP contribution >= 0.6 is 28.1 Å². The Balaban J connectivity index is 2.36. The predicted octanol–water partition coefficient (Wildman–Crippen LogP) is 2.43. The topological polar surface area (TPSA) is 36.1 Å². The summed E-state index contributed by atoms with van der Waals surface area (Å²) in [7, 11) is 0. The van der Waals surface area contributed by atoms with E-state index in [2.05, 4.69) is 38.7 Å². The molecule has 1 aromatic carbocycles. The highest BCUT2D eigenvalue weighted by Crippen LogP contribution is 2.14. The van der Waals surface area contributed by atoms with Crippen molar-refractivity contribution in [2.24, 2.45) is 0 Å². The second-order valence-corrected chi connectivity index (χ2v) is 4.08. The van der Waals surface area contributed by atoms with Gasteiger partial charge in [-0.2, -0.15) is 0 Å². The fraction of sp³-hybridized carbons (Fsp3) is 0.100. The first kappa shape index (κ1) is 12.0. The molecule has 80 valence electrons. The van der Waals surface area contributed by atoms with Crippen LogP contribution in [0.2, 0.25) is 0 Å². The first-order valence-electron chi connectivity index (χ1n) is 4.38. The van der Waals surface area contributed by atoms with Crippen molar-refractivity contribution in [3.8, 4) is 0 Å². The van der Waals surface area contributed by atoms with Crippen LogP contribution in [0.5, 0.6) is 0 Å². The summed E-state index contributed by atoms with van der Waals surface area (Å²) in [5, 5.41) is 3.48. The van der Waals surface area contributed by atoms with Gasteiger partial charge in [0.2, 0.25) is 0 Å². The van der Waals surface area contributed by atoms with Gasteiger partial charge in [0.1, 0.15) is 0 Å². The summed E-state index contributed by atoms with van der Waals surface area (Å²) in [4.78, 5) is 0. The zero-order valence-electron chi connectivity index (χ0n) is 8.09. The summed E-state index contributed by atoms with van der Waals surface area (Å²) in [6.07, 6.45) is 1.74. The zero-order chi connectivity index (χ0) is 11.1. The Bertz CT molecular complexity index is 354. The summed E-state index contributed by atoms with van der Waals surface area (Å²) < 4.78 is 1.01. The molecule has 1 aromatic rings. The second-order valence-electron chi connectivity index (χ2n) is 2.76. The molecule has 3 N–H and O–H groups in total. The third kappa shape index (κ3) is 4.80.